The van der Waals surface area contributed by atoms with Crippen LogP contribution in [-0.4, -0.2) is 10.9 Å². The number of nitrogens with zero attached hydrogens (tertiary/aromatic N) is 1. The molecule has 0 aliphatic carbocycles. The minimum absolute atomic E-state index is 0.0826. The third-order valence-corrected chi connectivity index (χ3v) is 4.26. The first-order chi connectivity index (χ1) is 12.6. The van der Waals surface area contributed by atoms with Crippen LogP contribution >= 0.6 is 0 Å². The lowest BCUT2D eigenvalue weighted by atomic mass is 10.0. The van der Waals surface area contributed by atoms with Crippen LogP contribution in [0.1, 0.15) is 28.4 Å². The first-order valence-electron chi connectivity index (χ1n) is 8.70. The summed E-state index contributed by atoms with van der Waals surface area (Å²) in [6.07, 6.45) is 1.75. The van der Waals surface area contributed by atoms with Gasteiger partial charge >= 0.3 is 0 Å². The molecule has 4 heteroatoms. The zero-order valence-corrected chi connectivity index (χ0v) is 15.1. The minimum Gasteiger partial charge on any atom is -0.324 e. The lowest BCUT2D eigenvalue weighted by Crippen LogP contribution is -2.33. The number of aryl methyl sites for hydroxylation is 2. The molecule has 0 saturated carbocycles. The van der Waals surface area contributed by atoms with E-state index in [4.69, 9.17) is 0 Å². The first-order valence-corrected chi connectivity index (χ1v) is 8.70. The Morgan fingerprint density at radius 3 is 2.50 bits per heavy atom. The third-order valence-electron chi connectivity index (χ3n) is 4.26. The number of amides is 1. The van der Waals surface area contributed by atoms with Gasteiger partial charge in [0.05, 0.1) is 5.69 Å². The second kappa shape index (κ2) is 8.41. The number of pyridine rings is 1. The maximum atomic E-state index is 13.0. The Bertz CT molecular complexity index is 863. The van der Waals surface area contributed by atoms with Crippen molar-refractivity contribution in [1.29, 1.82) is 0 Å². The summed E-state index contributed by atoms with van der Waals surface area (Å²) in [6.45, 7) is 4.53. The molecule has 1 aromatic heterocycles. The smallest absolute Gasteiger partial charge is 0.246 e. The number of rotatable bonds is 6. The van der Waals surface area contributed by atoms with E-state index in [2.05, 4.69) is 15.6 Å². The van der Waals surface area contributed by atoms with Crippen LogP contribution < -0.4 is 10.6 Å². The van der Waals surface area contributed by atoms with E-state index in [0.717, 1.165) is 28.1 Å². The molecule has 3 rings (SSSR count). The second-order valence-electron chi connectivity index (χ2n) is 6.35. The summed E-state index contributed by atoms with van der Waals surface area (Å²) in [5.74, 6) is -0.0826. The number of anilines is 1. The van der Waals surface area contributed by atoms with Crippen LogP contribution in [0, 0.1) is 13.8 Å². The highest BCUT2D eigenvalue weighted by Gasteiger charge is 2.20. The highest BCUT2D eigenvalue weighted by molar-refractivity contribution is 5.96. The van der Waals surface area contributed by atoms with Gasteiger partial charge in [-0.2, -0.15) is 0 Å². The minimum atomic E-state index is -0.460. The molecule has 1 atom stereocenters. The first kappa shape index (κ1) is 17.8. The summed E-state index contributed by atoms with van der Waals surface area (Å²) in [7, 11) is 0. The summed E-state index contributed by atoms with van der Waals surface area (Å²) in [5.41, 5.74) is 4.82. The molecule has 2 N–H and O–H groups in total. The maximum absolute atomic E-state index is 13.0. The summed E-state index contributed by atoms with van der Waals surface area (Å²) in [6, 6.07) is 21.1. The number of hydrogen-bond acceptors (Lipinski definition) is 3. The molecular weight excluding hydrogens is 322 g/mol. The van der Waals surface area contributed by atoms with Crippen LogP contribution in [0.25, 0.3) is 0 Å². The van der Waals surface area contributed by atoms with Crippen molar-refractivity contribution in [3.63, 3.8) is 0 Å². The molecule has 132 valence electrons. The van der Waals surface area contributed by atoms with Gasteiger partial charge < -0.3 is 5.32 Å². The molecule has 0 aliphatic heterocycles. The van der Waals surface area contributed by atoms with E-state index in [1.807, 2.05) is 80.6 Å². The van der Waals surface area contributed by atoms with Gasteiger partial charge in [0, 0.05) is 18.4 Å². The van der Waals surface area contributed by atoms with Crippen molar-refractivity contribution in [3.05, 3.63) is 95.3 Å². The summed E-state index contributed by atoms with van der Waals surface area (Å²) < 4.78 is 0. The molecule has 1 amide bonds. The predicted molar refractivity (Wildman–Crippen MR) is 105 cm³/mol. The molecule has 0 radical (unpaired) electrons. The van der Waals surface area contributed by atoms with Gasteiger partial charge in [-0.1, -0.05) is 48.5 Å². The molecule has 0 fully saturated rings. The molecule has 4 nitrogen and oxygen atoms in total. The van der Waals surface area contributed by atoms with Crippen molar-refractivity contribution in [2.24, 2.45) is 0 Å². The Labute approximate surface area is 154 Å². The lowest BCUT2D eigenvalue weighted by Gasteiger charge is -2.20. The highest BCUT2D eigenvalue weighted by Crippen LogP contribution is 2.20. The molecule has 0 unspecified atom stereocenters. The SMILES string of the molecule is Cc1ccc(C)c(NC(=O)[C@@H](NCc2ccccn2)c2ccccc2)c1. The van der Waals surface area contributed by atoms with Crippen LogP contribution in [-0.2, 0) is 11.3 Å². The summed E-state index contributed by atoms with van der Waals surface area (Å²) in [4.78, 5) is 17.3. The Morgan fingerprint density at radius 2 is 1.77 bits per heavy atom. The molecule has 0 spiro atoms. The van der Waals surface area contributed by atoms with E-state index in [9.17, 15) is 4.79 Å². The predicted octanol–water partition coefficient (Wildman–Crippen LogP) is 4.17. The molecule has 26 heavy (non-hydrogen) atoms. The average molecular weight is 345 g/mol. The topological polar surface area (TPSA) is 54.0 Å². The van der Waals surface area contributed by atoms with Crippen molar-refractivity contribution in [1.82, 2.24) is 10.3 Å². The normalized spacial score (nSPS) is 11.8. The second-order valence-corrected chi connectivity index (χ2v) is 6.35. The van der Waals surface area contributed by atoms with E-state index < -0.39 is 6.04 Å². The van der Waals surface area contributed by atoms with Gasteiger partial charge in [-0.15, -0.1) is 0 Å². The summed E-state index contributed by atoms with van der Waals surface area (Å²) in [5, 5.41) is 6.40. The number of carbonyl (C=O) groups is 1. The van der Waals surface area contributed by atoms with Gasteiger partial charge in [0.2, 0.25) is 5.91 Å². The Hall–Kier alpha value is -2.98. The van der Waals surface area contributed by atoms with Crippen LogP contribution in [0.3, 0.4) is 0 Å². The van der Waals surface area contributed by atoms with Gasteiger partial charge in [0.15, 0.2) is 0 Å². The largest absolute Gasteiger partial charge is 0.324 e. The van der Waals surface area contributed by atoms with Gasteiger partial charge in [-0.25, -0.2) is 0 Å². The molecule has 0 aliphatic rings. The van der Waals surface area contributed by atoms with E-state index >= 15 is 0 Å². The highest BCUT2D eigenvalue weighted by atomic mass is 16.2. The fraction of sp³-hybridized carbons (Fsp3) is 0.182. The number of aromatic nitrogens is 1. The third kappa shape index (κ3) is 4.55. The van der Waals surface area contributed by atoms with Crippen LogP contribution in [0.15, 0.2) is 72.9 Å². The zero-order valence-electron chi connectivity index (χ0n) is 15.1. The zero-order chi connectivity index (χ0) is 18.4. The van der Waals surface area contributed by atoms with Crippen molar-refractivity contribution in [2.45, 2.75) is 26.4 Å². The van der Waals surface area contributed by atoms with Crippen molar-refractivity contribution in [2.75, 3.05) is 5.32 Å². The summed E-state index contributed by atoms with van der Waals surface area (Å²) >= 11 is 0. The Balaban J connectivity index is 1.80. The quantitative estimate of drug-likeness (QED) is 0.705. The standard InChI is InChI=1S/C22H23N3O/c1-16-11-12-17(2)20(14-16)25-22(26)21(18-8-4-3-5-9-18)24-15-19-10-6-7-13-23-19/h3-14,21,24H,15H2,1-2H3,(H,25,26)/t21-/m0/s1. The number of nitrogens with one attached hydrogen (secondary N) is 2. The number of benzene rings is 2. The fourth-order valence-electron chi connectivity index (χ4n) is 2.79. The molecule has 0 bridgehead atoms. The number of hydrogen-bond donors (Lipinski definition) is 2. The van der Waals surface area contributed by atoms with Crippen molar-refractivity contribution >= 4 is 11.6 Å². The van der Waals surface area contributed by atoms with Crippen molar-refractivity contribution < 1.29 is 4.79 Å². The monoisotopic (exact) mass is 345 g/mol. The fourth-order valence-corrected chi connectivity index (χ4v) is 2.79. The Kier molecular flexibility index (Phi) is 5.77. The van der Waals surface area contributed by atoms with Crippen LogP contribution in [0.4, 0.5) is 5.69 Å². The lowest BCUT2D eigenvalue weighted by molar-refractivity contribution is -0.118. The van der Waals surface area contributed by atoms with Gasteiger partial charge in [0.25, 0.3) is 0 Å². The van der Waals surface area contributed by atoms with Crippen molar-refractivity contribution in [3.8, 4) is 0 Å². The van der Waals surface area contributed by atoms with Gasteiger partial charge in [-0.3, -0.25) is 15.1 Å². The van der Waals surface area contributed by atoms with E-state index in [-0.39, 0.29) is 5.91 Å². The Morgan fingerprint density at radius 1 is 1.00 bits per heavy atom. The van der Waals surface area contributed by atoms with Crippen LogP contribution in [0.2, 0.25) is 0 Å². The van der Waals surface area contributed by atoms with Crippen LogP contribution in [0.5, 0.6) is 0 Å². The van der Waals surface area contributed by atoms with E-state index in [1.54, 1.807) is 6.20 Å². The number of carbonyl (C=O) groups excluding carboxylic acids is 1. The molecule has 1 heterocycles. The average Bonchev–Trinajstić information content (AvgIpc) is 2.66. The van der Waals surface area contributed by atoms with E-state index in [1.165, 1.54) is 0 Å². The molecular formula is C22H23N3O. The van der Waals surface area contributed by atoms with E-state index in [0.29, 0.717) is 6.54 Å². The maximum Gasteiger partial charge on any atom is 0.246 e. The van der Waals surface area contributed by atoms with Gasteiger partial charge in [-0.05, 0) is 48.7 Å². The van der Waals surface area contributed by atoms with Gasteiger partial charge in [0.1, 0.15) is 6.04 Å². The molecule has 3 aromatic rings. The molecule has 2 aromatic carbocycles. The molecule has 0 saturated heterocycles.